The fraction of sp³-hybridized carbons (Fsp3) is 0.455. The van der Waals surface area contributed by atoms with Crippen molar-refractivity contribution in [1.29, 1.82) is 0 Å². The Balaban J connectivity index is 3.00. The van der Waals surface area contributed by atoms with Crippen LogP contribution in [0.1, 0.15) is 22.7 Å². The third kappa shape index (κ3) is 2.25. The minimum Gasteiger partial charge on any atom is -0.507 e. The van der Waals surface area contributed by atoms with Crippen LogP contribution < -0.4 is 5.73 Å². The maximum Gasteiger partial charge on any atom is 0.121 e. The molecular weight excluding hydrogens is 178 g/mol. The van der Waals surface area contributed by atoms with Crippen LogP contribution >= 0.6 is 0 Å². The average Bonchev–Trinajstić information content (AvgIpc) is 2.13. The standard InChI is InChI=1S/C11H17NO2/c1-7-4-9(10(12)6-14-3)5-8(2)11(7)13/h4-5,10,13H,6,12H2,1-3H3. The highest BCUT2D eigenvalue weighted by molar-refractivity contribution is 5.43. The molecular formula is C11H17NO2. The van der Waals surface area contributed by atoms with Crippen LogP contribution in [-0.2, 0) is 4.74 Å². The van der Waals surface area contributed by atoms with Gasteiger partial charge in [0.05, 0.1) is 12.6 Å². The van der Waals surface area contributed by atoms with E-state index in [0.717, 1.165) is 16.7 Å². The number of aryl methyl sites for hydroxylation is 2. The Morgan fingerprint density at radius 2 is 1.86 bits per heavy atom. The molecule has 0 bridgehead atoms. The molecule has 1 atom stereocenters. The van der Waals surface area contributed by atoms with Crippen molar-refractivity contribution in [3.63, 3.8) is 0 Å². The van der Waals surface area contributed by atoms with Gasteiger partial charge in [-0.05, 0) is 30.5 Å². The Labute approximate surface area is 84.5 Å². The van der Waals surface area contributed by atoms with E-state index >= 15 is 0 Å². The molecule has 1 aromatic rings. The number of hydrogen-bond donors (Lipinski definition) is 2. The highest BCUT2D eigenvalue weighted by atomic mass is 16.5. The summed E-state index contributed by atoms with van der Waals surface area (Å²) in [6.07, 6.45) is 0. The lowest BCUT2D eigenvalue weighted by Gasteiger charge is -2.13. The number of phenols is 1. The zero-order valence-corrected chi connectivity index (χ0v) is 8.87. The number of benzene rings is 1. The molecule has 3 heteroatoms. The Bertz CT molecular complexity index is 300. The zero-order valence-electron chi connectivity index (χ0n) is 8.87. The third-order valence-electron chi connectivity index (χ3n) is 2.29. The summed E-state index contributed by atoms with van der Waals surface area (Å²) in [4.78, 5) is 0. The average molecular weight is 195 g/mol. The highest BCUT2D eigenvalue weighted by Gasteiger charge is 2.09. The molecule has 0 spiro atoms. The molecule has 1 rings (SSSR count). The third-order valence-corrected chi connectivity index (χ3v) is 2.29. The first kappa shape index (κ1) is 11.0. The minimum atomic E-state index is -0.127. The van der Waals surface area contributed by atoms with Gasteiger partial charge in [0.15, 0.2) is 0 Å². The number of methoxy groups -OCH3 is 1. The van der Waals surface area contributed by atoms with Gasteiger partial charge in [0, 0.05) is 7.11 Å². The van der Waals surface area contributed by atoms with E-state index in [0.29, 0.717) is 12.4 Å². The number of aromatic hydroxyl groups is 1. The van der Waals surface area contributed by atoms with Crippen molar-refractivity contribution in [2.45, 2.75) is 19.9 Å². The lowest BCUT2D eigenvalue weighted by Crippen LogP contribution is -2.16. The van der Waals surface area contributed by atoms with Crippen molar-refractivity contribution in [3.05, 3.63) is 28.8 Å². The number of rotatable bonds is 3. The lowest BCUT2D eigenvalue weighted by atomic mass is 10.0. The van der Waals surface area contributed by atoms with E-state index in [2.05, 4.69) is 0 Å². The van der Waals surface area contributed by atoms with Gasteiger partial charge in [-0.1, -0.05) is 12.1 Å². The molecule has 0 heterocycles. The molecule has 1 aromatic carbocycles. The lowest BCUT2D eigenvalue weighted by molar-refractivity contribution is 0.181. The molecule has 78 valence electrons. The Kier molecular flexibility index (Phi) is 3.49. The number of nitrogens with two attached hydrogens (primary N) is 1. The van der Waals surface area contributed by atoms with Crippen molar-refractivity contribution in [2.75, 3.05) is 13.7 Å². The van der Waals surface area contributed by atoms with E-state index in [1.54, 1.807) is 7.11 Å². The summed E-state index contributed by atoms with van der Waals surface area (Å²) >= 11 is 0. The van der Waals surface area contributed by atoms with Crippen molar-refractivity contribution in [2.24, 2.45) is 5.73 Å². The fourth-order valence-corrected chi connectivity index (χ4v) is 1.48. The van der Waals surface area contributed by atoms with E-state index < -0.39 is 0 Å². The molecule has 3 nitrogen and oxygen atoms in total. The monoisotopic (exact) mass is 195 g/mol. The Hall–Kier alpha value is -1.06. The largest absolute Gasteiger partial charge is 0.507 e. The summed E-state index contributed by atoms with van der Waals surface area (Å²) in [5.74, 6) is 0.346. The van der Waals surface area contributed by atoms with Gasteiger partial charge in [-0.2, -0.15) is 0 Å². The summed E-state index contributed by atoms with van der Waals surface area (Å²) in [7, 11) is 1.62. The second kappa shape index (κ2) is 4.44. The maximum atomic E-state index is 9.57. The topological polar surface area (TPSA) is 55.5 Å². The van der Waals surface area contributed by atoms with Crippen LogP contribution in [0.25, 0.3) is 0 Å². The molecule has 0 saturated heterocycles. The quantitative estimate of drug-likeness (QED) is 0.771. The minimum absolute atomic E-state index is 0.127. The second-order valence-corrected chi connectivity index (χ2v) is 3.57. The van der Waals surface area contributed by atoms with Crippen LogP contribution in [0.2, 0.25) is 0 Å². The van der Waals surface area contributed by atoms with Gasteiger partial charge in [0.1, 0.15) is 5.75 Å². The molecule has 1 unspecified atom stereocenters. The molecule has 0 aliphatic carbocycles. The molecule has 0 saturated carbocycles. The molecule has 14 heavy (non-hydrogen) atoms. The second-order valence-electron chi connectivity index (χ2n) is 3.57. The maximum absolute atomic E-state index is 9.57. The van der Waals surface area contributed by atoms with Crippen LogP contribution in [0.5, 0.6) is 5.75 Å². The van der Waals surface area contributed by atoms with Crippen LogP contribution in [0.4, 0.5) is 0 Å². The molecule has 0 aromatic heterocycles. The highest BCUT2D eigenvalue weighted by Crippen LogP contribution is 2.25. The smallest absolute Gasteiger partial charge is 0.121 e. The number of phenolic OH excluding ortho intramolecular Hbond substituents is 1. The fourth-order valence-electron chi connectivity index (χ4n) is 1.48. The predicted molar refractivity (Wildman–Crippen MR) is 56.4 cm³/mol. The van der Waals surface area contributed by atoms with Gasteiger partial charge >= 0.3 is 0 Å². The van der Waals surface area contributed by atoms with Gasteiger partial charge < -0.3 is 15.6 Å². The van der Waals surface area contributed by atoms with Crippen molar-refractivity contribution >= 4 is 0 Å². The van der Waals surface area contributed by atoms with E-state index in [9.17, 15) is 5.11 Å². The zero-order chi connectivity index (χ0) is 10.7. The Morgan fingerprint density at radius 1 is 1.36 bits per heavy atom. The van der Waals surface area contributed by atoms with Crippen LogP contribution in [0.3, 0.4) is 0 Å². The van der Waals surface area contributed by atoms with Gasteiger partial charge in [0.25, 0.3) is 0 Å². The first-order chi connectivity index (χ1) is 6.56. The summed E-state index contributed by atoms with van der Waals surface area (Å²) in [6.45, 7) is 4.22. The molecule has 3 N–H and O–H groups in total. The summed E-state index contributed by atoms with van der Waals surface area (Å²) in [6, 6.07) is 3.66. The first-order valence-corrected chi connectivity index (χ1v) is 4.61. The van der Waals surface area contributed by atoms with E-state index in [-0.39, 0.29) is 6.04 Å². The molecule has 0 radical (unpaired) electrons. The molecule has 0 fully saturated rings. The first-order valence-electron chi connectivity index (χ1n) is 4.61. The van der Waals surface area contributed by atoms with E-state index in [4.69, 9.17) is 10.5 Å². The van der Waals surface area contributed by atoms with Gasteiger partial charge in [-0.3, -0.25) is 0 Å². The van der Waals surface area contributed by atoms with Crippen molar-refractivity contribution in [1.82, 2.24) is 0 Å². The number of ether oxygens (including phenoxy) is 1. The molecule has 0 aliphatic rings. The Morgan fingerprint density at radius 3 is 2.29 bits per heavy atom. The van der Waals surface area contributed by atoms with E-state index in [1.807, 2.05) is 26.0 Å². The van der Waals surface area contributed by atoms with Gasteiger partial charge in [-0.15, -0.1) is 0 Å². The van der Waals surface area contributed by atoms with Crippen LogP contribution in [-0.4, -0.2) is 18.8 Å². The van der Waals surface area contributed by atoms with Gasteiger partial charge in [-0.25, -0.2) is 0 Å². The summed E-state index contributed by atoms with van der Waals surface area (Å²) in [5, 5.41) is 9.57. The number of hydrogen-bond acceptors (Lipinski definition) is 3. The van der Waals surface area contributed by atoms with Gasteiger partial charge in [0.2, 0.25) is 0 Å². The molecule has 0 aliphatic heterocycles. The predicted octanol–water partition coefficient (Wildman–Crippen LogP) is 1.66. The molecule has 0 amide bonds. The van der Waals surface area contributed by atoms with Crippen molar-refractivity contribution in [3.8, 4) is 5.75 Å². The van der Waals surface area contributed by atoms with E-state index in [1.165, 1.54) is 0 Å². The van der Waals surface area contributed by atoms with Crippen LogP contribution in [0, 0.1) is 13.8 Å². The van der Waals surface area contributed by atoms with Crippen molar-refractivity contribution < 1.29 is 9.84 Å². The SMILES string of the molecule is COCC(N)c1cc(C)c(O)c(C)c1. The summed E-state index contributed by atoms with van der Waals surface area (Å²) < 4.78 is 4.98. The normalized spacial score (nSPS) is 12.9. The van der Waals surface area contributed by atoms with Crippen LogP contribution in [0.15, 0.2) is 12.1 Å². The summed E-state index contributed by atoms with van der Waals surface area (Å²) in [5.41, 5.74) is 8.59.